The van der Waals surface area contributed by atoms with Crippen LogP contribution in [0.25, 0.3) is 0 Å². The molecular formula is C15H22O4. The number of unbranched alkanes of at least 4 members (excludes halogenated alkanes) is 1. The summed E-state index contributed by atoms with van der Waals surface area (Å²) in [6.45, 7) is 4.01. The van der Waals surface area contributed by atoms with Crippen molar-refractivity contribution in [1.82, 2.24) is 0 Å². The third kappa shape index (κ3) is 5.75. The number of methoxy groups -OCH3 is 1. The summed E-state index contributed by atoms with van der Waals surface area (Å²) in [4.78, 5) is 10.9. The van der Waals surface area contributed by atoms with Crippen LogP contribution in [-0.2, 0) is 4.74 Å². The third-order valence-electron chi connectivity index (χ3n) is 2.59. The van der Waals surface area contributed by atoms with E-state index in [1.54, 1.807) is 25.3 Å². The quantitative estimate of drug-likeness (QED) is 0.482. The Bertz CT molecular complexity index is 376. The SMILES string of the molecule is CCCOc1ccc(C=O)c(OCCCCOC)c1. The molecule has 0 saturated carbocycles. The van der Waals surface area contributed by atoms with Crippen molar-refractivity contribution in [3.05, 3.63) is 23.8 Å². The van der Waals surface area contributed by atoms with Crippen molar-refractivity contribution in [2.45, 2.75) is 26.2 Å². The molecule has 1 aromatic rings. The highest BCUT2D eigenvalue weighted by Crippen LogP contribution is 2.24. The maximum absolute atomic E-state index is 10.9. The van der Waals surface area contributed by atoms with Crippen LogP contribution < -0.4 is 9.47 Å². The van der Waals surface area contributed by atoms with Crippen LogP contribution in [0.5, 0.6) is 11.5 Å². The highest BCUT2D eigenvalue weighted by Gasteiger charge is 2.05. The van der Waals surface area contributed by atoms with Crippen molar-refractivity contribution < 1.29 is 19.0 Å². The third-order valence-corrected chi connectivity index (χ3v) is 2.59. The molecule has 0 heterocycles. The van der Waals surface area contributed by atoms with Crippen molar-refractivity contribution in [3.8, 4) is 11.5 Å². The second kappa shape index (κ2) is 9.39. The monoisotopic (exact) mass is 266 g/mol. The first-order valence-electron chi connectivity index (χ1n) is 6.65. The van der Waals surface area contributed by atoms with Gasteiger partial charge in [-0.15, -0.1) is 0 Å². The van der Waals surface area contributed by atoms with E-state index in [9.17, 15) is 4.79 Å². The summed E-state index contributed by atoms with van der Waals surface area (Å²) < 4.78 is 16.1. The summed E-state index contributed by atoms with van der Waals surface area (Å²) in [6.07, 6.45) is 3.59. The summed E-state index contributed by atoms with van der Waals surface area (Å²) >= 11 is 0. The van der Waals surface area contributed by atoms with E-state index >= 15 is 0 Å². The van der Waals surface area contributed by atoms with E-state index in [0.717, 1.165) is 37.9 Å². The molecule has 0 bridgehead atoms. The Morgan fingerprint density at radius 3 is 2.58 bits per heavy atom. The fourth-order valence-corrected chi connectivity index (χ4v) is 1.58. The normalized spacial score (nSPS) is 10.2. The van der Waals surface area contributed by atoms with Gasteiger partial charge in [0.25, 0.3) is 0 Å². The molecule has 0 unspecified atom stereocenters. The van der Waals surface area contributed by atoms with Gasteiger partial charge in [-0.3, -0.25) is 4.79 Å². The lowest BCUT2D eigenvalue weighted by molar-refractivity contribution is 0.111. The molecule has 0 aliphatic carbocycles. The molecule has 106 valence electrons. The lowest BCUT2D eigenvalue weighted by atomic mass is 10.2. The van der Waals surface area contributed by atoms with E-state index in [1.807, 2.05) is 6.92 Å². The average Bonchev–Trinajstić information content (AvgIpc) is 2.45. The zero-order chi connectivity index (χ0) is 13.9. The van der Waals surface area contributed by atoms with Crippen molar-refractivity contribution in [2.75, 3.05) is 26.9 Å². The van der Waals surface area contributed by atoms with Gasteiger partial charge in [-0.1, -0.05) is 6.92 Å². The molecular weight excluding hydrogens is 244 g/mol. The summed E-state index contributed by atoms with van der Waals surface area (Å²) in [6, 6.07) is 5.29. The molecule has 0 amide bonds. The minimum Gasteiger partial charge on any atom is -0.493 e. The van der Waals surface area contributed by atoms with Crippen molar-refractivity contribution >= 4 is 6.29 Å². The Hall–Kier alpha value is -1.55. The first-order chi connectivity index (χ1) is 9.31. The molecule has 0 aromatic heterocycles. The number of rotatable bonds is 10. The predicted molar refractivity (Wildman–Crippen MR) is 74.2 cm³/mol. The van der Waals surface area contributed by atoms with Gasteiger partial charge in [0, 0.05) is 19.8 Å². The number of aldehydes is 1. The fraction of sp³-hybridized carbons (Fsp3) is 0.533. The molecule has 0 atom stereocenters. The molecule has 1 aromatic carbocycles. The molecule has 0 N–H and O–H groups in total. The molecule has 0 spiro atoms. The summed E-state index contributed by atoms with van der Waals surface area (Å²) in [7, 11) is 1.68. The van der Waals surface area contributed by atoms with Crippen LogP contribution in [0.15, 0.2) is 18.2 Å². The van der Waals surface area contributed by atoms with E-state index in [-0.39, 0.29) is 0 Å². The zero-order valence-corrected chi connectivity index (χ0v) is 11.7. The van der Waals surface area contributed by atoms with Gasteiger partial charge in [0.05, 0.1) is 18.8 Å². The molecule has 0 saturated heterocycles. The van der Waals surface area contributed by atoms with Crippen molar-refractivity contribution in [1.29, 1.82) is 0 Å². The van der Waals surface area contributed by atoms with Gasteiger partial charge < -0.3 is 14.2 Å². The van der Waals surface area contributed by atoms with E-state index in [2.05, 4.69) is 0 Å². The van der Waals surface area contributed by atoms with Crippen molar-refractivity contribution in [2.24, 2.45) is 0 Å². The second-order valence-electron chi connectivity index (χ2n) is 4.21. The molecule has 4 nitrogen and oxygen atoms in total. The van der Waals surface area contributed by atoms with Gasteiger partial charge in [-0.25, -0.2) is 0 Å². The van der Waals surface area contributed by atoms with Crippen molar-refractivity contribution in [3.63, 3.8) is 0 Å². The minimum atomic E-state index is 0.551. The largest absolute Gasteiger partial charge is 0.493 e. The lowest BCUT2D eigenvalue weighted by Crippen LogP contribution is -2.02. The first kappa shape index (κ1) is 15.5. The number of benzene rings is 1. The predicted octanol–water partition coefficient (Wildman–Crippen LogP) is 3.09. The van der Waals surface area contributed by atoms with Crippen LogP contribution in [-0.4, -0.2) is 33.2 Å². The number of ether oxygens (including phenoxy) is 3. The molecule has 0 fully saturated rings. The Morgan fingerprint density at radius 2 is 1.89 bits per heavy atom. The Kier molecular flexibility index (Phi) is 7.66. The lowest BCUT2D eigenvalue weighted by Gasteiger charge is -2.11. The number of hydrogen-bond donors (Lipinski definition) is 0. The van der Waals surface area contributed by atoms with Crippen LogP contribution in [0, 0.1) is 0 Å². The fourth-order valence-electron chi connectivity index (χ4n) is 1.58. The number of carbonyl (C=O) groups is 1. The highest BCUT2D eigenvalue weighted by molar-refractivity contribution is 5.79. The first-order valence-corrected chi connectivity index (χ1v) is 6.65. The van der Waals surface area contributed by atoms with Crippen LogP contribution in [0.2, 0.25) is 0 Å². The van der Waals surface area contributed by atoms with Gasteiger partial charge in [0.2, 0.25) is 0 Å². The standard InChI is InChI=1S/C15H22O4/c1-3-8-18-14-7-6-13(12-16)15(11-14)19-10-5-4-9-17-2/h6-7,11-12H,3-5,8-10H2,1-2H3. The Labute approximate surface area is 114 Å². The number of hydrogen-bond acceptors (Lipinski definition) is 4. The summed E-state index contributed by atoms with van der Waals surface area (Å²) in [5, 5.41) is 0. The smallest absolute Gasteiger partial charge is 0.153 e. The average molecular weight is 266 g/mol. The molecule has 19 heavy (non-hydrogen) atoms. The van der Waals surface area contributed by atoms with Gasteiger partial charge >= 0.3 is 0 Å². The zero-order valence-electron chi connectivity index (χ0n) is 11.7. The highest BCUT2D eigenvalue weighted by atomic mass is 16.5. The van der Waals surface area contributed by atoms with Crippen LogP contribution in [0.4, 0.5) is 0 Å². The maximum Gasteiger partial charge on any atom is 0.153 e. The van der Waals surface area contributed by atoms with Gasteiger partial charge in [-0.2, -0.15) is 0 Å². The van der Waals surface area contributed by atoms with Crippen LogP contribution in [0.1, 0.15) is 36.5 Å². The van der Waals surface area contributed by atoms with Gasteiger partial charge in [0.15, 0.2) is 6.29 Å². The number of carbonyl (C=O) groups excluding carboxylic acids is 1. The van der Waals surface area contributed by atoms with Crippen LogP contribution in [0.3, 0.4) is 0 Å². The Morgan fingerprint density at radius 1 is 1.11 bits per heavy atom. The molecule has 0 aliphatic heterocycles. The van der Waals surface area contributed by atoms with E-state index in [0.29, 0.717) is 24.5 Å². The van der Waals surface area contributed by atoms with Gasteiger partial charge in [-0.05, 0) is 31.4 Å². The topological polar surface area (TPSA) is 44.8 Å². The molecule has 0 aliphatic rings. The maximum atomic E-state index is 10.9. The van der Waals surface area contributed by atoms with E-state index < -0.39 is 0 Å². The Balaban J connectivity index is 2.54. The van der Waals surface area contributed by atoms with Gasteiger partial charge in [0.1, 0.15) is 11.5 Å². The van der Waals surface area contributed by atoms with E-state index in [1.165, 1.54) is 0 Å². The van der Waals surface area contributed by atoms with Crippen LogP contribution >= 0.6 is 0 Å². The molecule has 4 heteroatoms. The summed E-state index contributed by atoms with van der Waals surface area (Å²) in [5.41, 5.74) is 0.551. The minimum absolute atomic E-state index is 0.551. The van der Waals surface area contributed by atoms with E-state index in [4.69, 9.17) is 14.2 Å². The summed E-state index contributed by atoms with van der Waals surface area (Å²) in [5.74, 6) is 1.32. The molecule has 0 radical (unpaired) electrons. The second-order valence-corrected chi connectivity index (χ2v) is 4.21. The molecule has 1 rings (SSSR count).